The van der Waals surface area contributed by atoms with Crippen molar-refractivity contribution in [2.45, 2.75) is 44.4 Å². The van der Waals surface area contributed by atoms with Crippen molar-refractivity contribution in [1.82, 2.24) is 4.90 Å². The normalized spacial score (nSPS) is 10.3. The highest BCUT2D eigenvalue weighted by Gasteiger charge is 2.13. The van der Waals surface area contributed by atoms with Crippen LogP contribution in [0.1, 0.15) is 39.5 Å². The number of hydrogen-bond donors (Lipinski definition) is 2. The molecule has 0 saturated heterocycles. The van der Waals surface area contributed by atoms with Gasteiger partial charge in [0, 0.05) is 18.0 Å². The predicted molar refractivity (Wildman–Crippen MR) is 84.1 cm³/mol. The van der Waals surface area contributed by atoms with Crippen molar-refractivity contribution in [2.75, 3.05) is 18.4 Å². The molecule has 1 aromatic rings. The summed E-state index contributed by atoms with van der Waals surface area (Å²) in [5, 5.41) is 2.94. The molecule has 0 aromatic heterocycles. The molecule has 2 amide bonds. The van der Waals surface area contributed by atoms with Crippen molar-refractivity contribution in [3.8, 4) is 0 Å². The minimum Gasteiger partial charge on any atom is -0.325 e. The predicted octanol–water partition coefficient (Wildman–Crippen LogP) is 4.41. The van der Waals surface area contributed by atoms with Gasteiger partial charge in [0.25, 0.3) is 0 Å². The number of unbranched alkanes of at least 4 members (excludes halogenated alkanes) is 2. The molecule has 0 heterocycles. The molecule has 0 unspecified atom stereocenters. The van der Waals surface area contributed by atoms with Gasteiger partial charge in [0.2, 0.25) is 0 Å². The number of hydrogen-bond acceptors (Lipinski definition) is 2. The molecule has 1 aromatic carbocycles. The van der Waals surface area contributed by atoms with E-state index in [1.54, 1.807) is 0 Å². The van der Waals surface area contributed by atoms with Crippen LogP contribution in [0.2, 0.25) is 0 Å². The largest absolute Gasteiger partial charge is 0.325 e. The molecule has 1 N–H and O–H groups in total. The Balaban J connectivity index is 2.62. The summed E-state index contributed by atoms with van der Waals surface area (Å²) in [6.07, 6.45) is 4.28. The number of thiol groups is 1. The Morgan fingerprint density at radius 2 is 1.74 bits per heavy atom. The Morgan fingerprint density at radius 3 is 2.26 bits per heavy atom. The van der Waals surface area contributed by atoms with E-state index in [-0.39, 0.29) is 6.03 Å². The van der Waals surface area contributed by atoms with Gasteiger partial charge in [0.15, 0.2) is 0 Å². The molecule has 0 fully saturated rings. The molecular weight excluding hydrogens is 256 g/mol. The number of nitrogens with zero attached hydrogens (tertiary/aromatic N) is 1. The summed E-state index contributed by atoms with van der Waals surface area (Å²) < 4.78 is 0. The Morgan fingerprint density at radius 1 is 1.16 bits per heavy atom. The van der Waals surface area contributed by atoms with Crippen LogP contribution in [-0.4, -0.2) is 24.0 Å². The van der Waals surface area contributed by atoms with Crippen LogP contribution in [0.4, 0.5) is 10.5 Å². The first kappa shape index (κ1) is 15.9. The van der Waals surface area contributed by atoms with Gasteiger partial charge in [0.05, 0.1) is 5.69 Å². The summed E-state index contributed by atoms with van der Waals surface area (Å²) in [6, 6.07) is 7.53. The SMILES string of the molecule is CCCCN(CCCC)C(=O)Nc1ccccc1S. The molecule has 0 atom stereocenters. The smallest absolute Gasteiger partial charge is 0.321 e. The van der Waals surface area contributed by atoms with E-state index < -0.39 is 0 Å². The summed E-state index contributed by atoms with van der Waals surface area (Å²) in [4.78, 5) is 14.9. The Bertz CT molecular complexity index is 387. The molecule has 4 heteroatoms. The summed E-state index contributed by atoms with van der Waals surface area (Å²) >= 11 is 4.35. The van der Waals surface area contributed by atoms with Crippen molar-refractivity contribution in [2.24, 2.45) is 0 Å². The van der Waals surface area contributed by atoms with Gasteiger partial charge in [-0.2, -0.15) is 0 Å². The molecule has 0 aliphatic carbocycles. The maximum atomic E-state index is 12.3. The van der Waals surface area contributed by atoms with Gasteiger partial charge in [-0.25, -0.2) is 4.79 Å². The molecule has 0 radical (unpaired) electrons. The maximum absolute atomic E-state index is 12.3. The fourth-order valence-corrected chi connectivity index (χ4v) is 2.00. The first-order valence-electron chi connectivity index (χ1n) is 7.03. The van der Waals surface area contributed by atoms with Gasteiger partial charge >= 0.3 is 6.03 Å². The highest BCUT2D eigenvalue weighted by molar-refractivity contribution is 7.80. The third-order valence-corrected chi connectivity index (χ3v) is 3.39. The van der Waals surface area contributed by atoms with E-state index in [0.717, 1.165) is 49.4 Å². The molecule has 106 valence electrons. The zero-order valence-corrected chi connectivity index (χ0v) is 12.7. The molecule has 0 saturated carbocycles. The van der Waals surface area contributed by atoms with Gasteiger partial charge in [0.1, 0.15) is 0 Å². The lowest BCUT2D eigenvalue weighted by atomic mass is 10.2. The first-order valence-corrected chi connectivity index (χ1v) is 7.47. The van der Waals surface area contributed by atoms with Gasteiger partial charge < -0.3 is 10.2 Å². The highest BCUT2D eigenvalue weighted by Crippen LogP contribution is 2.19. The van der Waals surface area contributed by atoms with Crippen molar-refractivity contribution >= 4 is 24.3 Å². The first-order chi connectivity index (χ1) is 9.19. The Kier molecular flexibility index (Phi) is 7.41. The quantitative estimate of drug-likeness (QED) is 0.712. The van der Waals surface area contributed by atoms with E-state index in [2.05, 4.69) is 31.8 Å². The molecule has 3 nitrogen and oxygen atoms in total. The number of para-hydroxylation sites is 1. The van der Waals surface area contributed by atoms with E-state index in [0.29, 0.717) is 0 Å². The lowest BCUT2D eigenvalue weighted by molar-refractivity contribution is 0.210. The number of rotatable bonds is 7. The summed E-state index contributed by atoms with van der Waals surface area (Å²) in [6.45, 7) is 5.91. The number of nitrogens with one attached hydrogen (secondary N) is 1. The molecule has 0 bridgehead atoms. The van der Waals surface area contributed by atoms with Gasteiger partial charge in [-0.1, -0.05) is 38.8 Å². The molecule has 0 aliphatic rings. The van der Waals surface area contributed by atoms with Crippen LogP contribution in [-0.2, 0) is 0 Å². The monoisotopic (exact) mass is 280 g/mol. The minimum absolute atomic E-state index is 0.0246. The fourth-order valence-electron chi connectivity index (χ4n) is 1.79. The van der Waals surface area contributed by atoms with Crippen LogP contribution >= 0.6 is 12.6 Å². The average Bonchev–Trinajstić information content (AvgIpc) is 2.41. The van der Waals surface area contributed by atoms with Crippen LogP contribution in [0.25, 0.3) is 0 Å². The molecule has 0 aliphatic heterocycles. The zero-order valence-electron chi connectivity index (χ0n) is 11.9. The Hall–Kier alpha value is -1.16. The van der Waals surface area contributed by atoms with Gasteiger partial charge in [-0.15, -0.1) is 12.6 Å². The molecular formula is C15H24N2OS. The van der Waals surface area contributed by atoms with Crippen LogP contribution in [0, 0.1) is 0 Å². The van der Waals surface area contributed by atoms with E-state index in [9.17, 15) is 4.79 Å². The minimum atomic E-state index is -0.0246. The molecule has 1 rings (SSSR count). The lowest BCUT2D eigenvalue weighted by Crippen LogP contribution is -2.36. The number of carbonyl (C=O) groups is 1. The average molecular weight is 280 g/mol. The number of amides is 2. The maximum Gasteiger partial charge on any atom is 0.321 e. The summed E-state index contributed by atoms with van der Waals surface area (Å²) in [5.74, 6) is 0. The van der Waals surface area contributed by atoms with Gasteiger partial charge in [-0.05, 0) is 25.0 Å². The topological polar surface area (TPSA) is 32.3 Å². The number of anilines is 1. The van der Waals surface area contributed by atoms with E-state index in [1.807, 2.05) is 29.2 Å². The summed E-state index contributed by atoms with van der Waals surface area (Å²) in [5.41, 5.74) is 0.772. The summed E-state index contributed by atoms with van der Waals surface area (Å²) in [7, 11) is 0. The van der Waals surface area contributed by atoms with Crippen LogP contribution in [0.3, 0.4) is 0 Å². The standard InChI is InChI=1S/C15H24N2OS/c1-3-5-11-17(12-6-4-2)15(18)16-13-9-7-8-10-14(13)19/h7-10,19H,3-6,11-12H2,1-2H3,(H,16,18). The Labute approximate surface area is 121 Å². The van der Waals surface area contributed by atoms with Gasteiger partial charge in [-0.3, -0.25) is 0 Å². The third kappa shape index (κ3) is 5.55. The third-order valence-electron chi connectivity index (χ3n) is 3.00. The second-order valence-electron chi connectivity index (χ2n) is 4.64. The zero-order chi connectivity index (χ0) is 14.1. The number of urea groups is 1. The van der Waals surface area contributed by atoms with Crippen LogP contribution in [0.5, 0.6) is 0 Å². The van der Waals surface area contributed by atoms with Crippen LogP contribution in [0.15, 0.2) is 29.2 Å². The van der Waals surface area contributed by atoms with Crippen LogP contribution < -0.4 is 5.32 Å². The number of carbonyl (C=O) groups excluding carboxylic acids is 1. The van der Waals surface area contributed by atoms with E-state index in [4.69, 9.17) is 0 Å². The van der Waals surface area contributed by atoms with Crippen molar-refractivity contribution < 1.29 is 4.79 Å². The molecule has 19 heavy (non-hydrogen) atoms. The fraction of sp³-hybridized carbons (Fsp3) is 0.533. The van der Waals surface area contributed by atoms with E-state index in [1.165, 1.54) is 0 Å². The second kappa shape index (κ2) is 8.86. The van der Waals surface area contributed by atoms with Crippen molar-refractivity contribution in [1.29, 1.82) is 0 Å². The highest BCUT2D eigenvalue weighted by atomic mass is 32.1. The molecule has 0 spiro atoms. The van der Waals surface area contributed by atoms with Crippen molar-refractivity contribution in [3.05, 3.63) is 24.3 Å². The van der Waals surface area contributed by atoms with Crippen molar-refractivity contribution in [3.63, 3.8) is 0 Å². The number of benzene rings is 1. The van der Waals surface area contributed by atoms with E-state index >= 15 is 0 Å². The second-order valence-corrected chi connectivity index (χ2v) is 5.12. The lowest BCUT2D eigenvalue weighted by Gasteiger charge is -2.23.